The number of alkyl halides is 2. The molecule has 8 nitrogen and oxygen atoms in total. The highest BCUT2D eigenvalue weighted by Gasteiger charge is 2.32. The third kappa shape index (κ3) is 7.42. The van der Waals surface area contributed by atoms with E-state index in [0.717, 1.165) is 5.56 Å². The summed E-state index contributed by atoms with van der Waals surface area (Å²) >= 11 is 0. The lowest BCUT2D eigenvalue weighted by Gasteiger charge is -2.19. The molecule has 2 heterocycles. The van der Waals surface area contributed by atoms with Gasteiger partial charge in [0.15, 0.2) is 0 Å². The third-order valence-corrected chi connectivity index (χ3v) is 9.18. The van der Waals surface area contributed by atoms with Crippen molar-refractivity contribution in [2.24, 2.45) is 0 Å². The van der Waals surface area contributed by atoms with Crippen LogP contribution in [0.3, 0.4) is 0 Å². The molecule has 46 heavy (non-hydrogen) atoms. The normalized spacial score (nSPS) is 12.3. The summed E-state index contributed by atoms with van der Waals surface area (Å²) in [7, 11) is -3.79. The van der Waals surface area contributed by atoms with Crippen LogP contribution in [-0.2, 0) is 40.9 Å². The summed E-state index contributed by atoms with van der Waals surface area (Å²) in [5, 5.41) is 4.44. The van der Waals surface area contributed by atoms with Crippen molar-refractivity contribution in [3.63, 3.8) is 0 Å². The van der Waals surface area contributed by atoms with Gasteiger partial charge in [-0.3, -0.25) is 14.3 Å². The van der Waals surface area contributed by atoms with Crippen LogP contribution in [0, 0.1) is 0 Å². The van der Waals surface area contributed by atoms with E-state index >= 15 is 8.78 Å². The average molecular weight is 646 g/mol. The van der Waals surface area contributed by atoms with Gasteiger partial charge in [0.2, 0.25) is 0 Å². The number of pyridine rings is 1. The van der Waals surface area contributed by atoms with Crippen LogP contribution >= 0.6 is 0 Å². The molecule has 0 aliphatic rings. The number of sulfonamides is 1. The predicted molar refractivity (Wildman–Crippen MR) is 176 cm³/mol. The van der Waals surface area contributed by atoms with Gasteiger partial charge in [0.1, 0.15) is 5.82 Å². The molecule has 0 atom stereocenters. The summed E-state index contributed by atoms with van der Waals surface area (Å²) in [6.45, 7) is 8.75. The number of benzene rings is 3. The topological polar surface area (TPSA) is 98.9 Å². The van der Waals surface area contributed by atoms with Crippen molar-refractivity contribution in [3.05, 3.63) is 130 Å². The Kier molecular flexibility index (Phi) is 9.25. The molecule has 0 unspecified atom stereocenters. The second-order valence-corrected chi connectivity index (χ2v) is 13.9. The van der Waals surface area contributed by atoms with E-state index in [1.54, 1.807) is 37.3 Å². The average Bonchev–Trinajstić information content (AvgIpc) is 3.34. The summed E-state index contributed by atoms with van der Waals surface area (Å²) in [5.74, 6) is -2.90. The van der Waals surface area contributed by atoms with E-state index in [9.17, 15) is 13.2 Å². The molecule has 2 aromatic heterocycles. The van der Waals surface area contributed by atoms with Crippen molar-refractivity contribution in [3.8, 4) is 11.3 Å². The predicted octanol–water partition coefficient (Wildman–Crippen LogP) is 7.00. The maximum atomic E-state index is 15.6. The maximum Gasteiger partial charge on any atom is 0.346 e. The Morgan fingerprint density at radius 3 is 2.22 bits per heavy atom. The van der Waals surface area contributed by atoms with Gasteiger partial charge in [-0.1, -0.05) is 81.4 Å². The Morgan fingerprint density at radius 1 is 0.870 bits per heavy atom. The molecule has 0 aliphatic carbocycles. The van der Waals surface area contributed by atoms with Gasteiger partial charge in [0, 0.05) is 30.5 Å². The molecule has 0 bridgehead atoms. The molecule has 0 saturated carbocycles. The van der Waals surface area contributed by atoms with Gasteiger partial charge < -0.3 is 0 Å². The number of anilines is 1. The van der Waals surface area contributed by atoms with Crippen LogP contribution in [0.25, 0.3) is 11.3 Å². The van der Waals surface area contributed by atoms with Gasteiger partial charge in [0.25, 0.3) is 15.9 Å². The SMILES string of the molecule is CCn1c(CCC(F)(F)c2cccc(-c3ccc(NS(=O)(=O)c4ccccc4)cn3)c2)nn(Cc2ccc(C(C)(C)C)cc2)c1=O. The van der Waals surface area contributed by atoms with Crippen LogP contribution in [0.1, 0.15) is 56.6 Å². The van der Waals surface area contributed by atoms with Gasteiger partial charge in [-0.15, -0.1) is 0 Å². The first kappa shape index (κ1) is 32.7. The summed E-state index contributed by atoms with van der Waals surface area (Å²) in [6, 6.07) is 25.0. The number of rotatable bonds is 11. The quantitative estimate of drug-likeness (QED) is 0.167. The Balaban J connectivity index is 1.28. The van der Waals surface area contributed by atoms with Gasteiger partial charge in [-0.2, -0.15) is 5.10 Å². The second kappa shape index (κ2) is 13.0. The molecule has 1 N–H and O–H groups in total. The number of hydrogen-bond acceptors (Lipinski definition) is 5. The first-order chi connectivity index (χ1) is 21.8. The Bertz CT molecular complexity index is 1960. The number of aromatic nitrogens is 4. The Morgan fingerprint density at radius 2 is 1.59 bits per heavy atom. The second-order valence-electron chi connectivity index (χ2n) is 12.2. The molecule has 240 valence electrons. The van der Waals surface area contributed by atoms with Crippen LogP contribution in [0.15, 0.2) is 107 Å². The van der Waals surface area contributed by atoms with Crippen LogP contribution in [0.2, 0.25) is 0 Å². The van der Waals surface area contributed by atoms with Crippen LogP contribution in [0.4, 0.5) is 14.5 Å². The van der Waals surface area contributed by atoms with Crippen molar-refractivity contribution >= 4 is 15.7 Å². The van der Waals surface area contributed by atoms with E-state index < -0.39 is 22.4 Å². The lowest BCUT2D eigenvalue weighted by atomic mass is 9.87. The van der Waals surface area contributed by atoms with E-state index in [-0.39, 0.29) is 40.2 Å². The van der Waals surface area contributed by atoms with Crippen LogP contribution in [-0.4, -0.2) is 27.7 Å². The van der Waals surface area contributed by atoms with Crippen molar-refractivity contribution in [1.82, 2.24) is 19.3 Å². The molecule has 0 spiro atoms. The molecule has 0 radical (unpaired) electrons. The minimum atomic E-state index is -3.79. The third-order valence-electron chi connectivity index (χ3n) is 7.78. The summed E-state index contributed by atoms with van der Waals surface area (Å²) in [5.41, 5.74) is 2.68. The first-order valence-electron chi connectivity index (χ1n) is 15.1. The monoisotopic (exact) mass is 645 g/mol. The number of halogens is 2. The zero-order valence-electron chi connectivity index (χ0n) is 26.2. The molecular formula is C35H37F2N5O3S. The zero-order valence-corrected chi connectivity index (χ0v) is 27.1. The number of nitrogens with zero attached hydrogens (tertiary/aromatic N) is 4. The molecule has 11 heteroatoms. The lowest BCUT2D eigenvalue weighted by Crippen LogP contribution is -2.25. The number of hydrogen-bond donors (Lipinski definition) is 1. The fourth-order valence-corrected chi connectivity index (χ4v) is 6.20. The molecule has 5 rings (SSSR count). The number of nitrogens with one attached hydrogen (secondary N) is 1. The highest BCUT2D eigenvalue weighted by atomic mass is 32.2. The molecule has 0 saturated heterocycles. The minimum absolute atomic E-state index is 0.00368. The Labute approximate surface area is 267 Å². The van der Waals surface area contributed by atoms with Crippen molar-refractivity contribution in [1.29, 1.82) is 0 Å². The highest BCUT2D eigenvalue weighted by molar-refractivity contribution is 7.92. The van der Waals surface area contributed by atoms with Gasteiger partial charge in [0.05, 0.1) is 29.0 Å². The molecule has 0 aliphatic heterocycles. The molecule has 5 aromatic rings. The molecule has 0 amide bonds. The van der Waals surface area contributed by atoms with Gasteiger partial charge >= 0.3 is 5.69 Å². The molecule has 0 fully saturated rings. The standard InChI is InChI=1S/C35H37F2N5O3S/c1-5-41-32(39-42(33(41)43)24-25-14-16-27(17-15-25)34(2,3)4)20-21-35(36,37)28-11-9-10-26(22-28)31-19-18-29(23-38-31)40-46(44,45)30-12-7-6-8-13-30/h6-19,22-23,40H,5,20-21,24H2,1-4H3. The van der Waals surface area contributed by atoms with E-state index in [1.165, 1.54) is 57.4 Å². The highest BCUT2D eigenvalue weighted by Crippen LogP contribution is 2.35. The minimum Gasteiger partial charge on any atom is -0.279 e. The van der Waals surface area contributed by atoms with Gasteiger partial charge in [-0.05, 0) is 53.8 Å². The zero-order chi connectivity index (χ0) is 33.1. The fourth-order valence-electron chi connectivity index (χ4n) is 5.13. The number of aryl methyl sites for hydroxylation is 1. The van der Waals surface area contributed by atoms with Crippen molar-refractivity contribution in [2.75, 3.05) is 4.72 Å². The first-order valence-corrected chi connectivity index (χ1v) is 16.5. The van der Waals surface area contributed by atoms with Crippen molar-refractivity contribution < 1.29 is 17.2 Å². The lowest BCUT2D eigenvalue weighted by molar-refractivity contribution is -0.0137. The molecule has 3 aromatic carbocycles. The molecular weight excluding hydrogens is 608 g/mol. The summed E-state index contributed by atoms with van der Waals surface area (Å²) in [4.78, 5) is 17.5. The van der Waals surface area contributed by atoms with E-state index in [2.05, 4.69) is 35.6 Å². The summed E-state index contributed by atoms with van der Waals surface area (Å²) in [6.07, 6.45) is 0.714. The van der Waals surface area contributed by atoms with E-state index in [0.29, 0.717) is 23.6 Å². The van der Waals surface area contributed by atoms with Gasteiger partial charge in [-0.25, -0.2) is 26.7 Å². The fraction of sp³-hybridized carbons (Fsp3) is 0.286. The Hall–Kier alpha value is -4.64. The van der Waals surface area contributed by atoms with Crippen LogP contribution in [0.5, 0.6) is 0 Å². The smallest absolute Gasteiger partial charge is 0.279 e. The van der Waals surface area contributed by atoms with Crippen LogP contribution < -0.4 is 10.4 Å². The summed E-state index contributed by atoms with van der Waals surface area (Å²) < 4.78 is 61.6. The van der Waals surface area contributed by atoms with E-state index in [1.807, 2.05) is 24.3 Å². The maximum absolute atomic E-state index is 15.6. The largest absolute Gasteiger partial charge is 0.346 e. The van der Waals surface area contributed by atoms with E-state index in [4.69, 9.17) is 0 Å². The van der Waals surface area contributed by atoms with Crippen molar-refractivity contribution in [2.45, 2.75) is 69.9 Å².